The van der Waals surface area contributed by atoms with Crippen LogP contribution in [0.1, 0.15) is 40.5 Å². The lowest BCUT2D eigenvalue weighted by atomic mass is 10.2. The predicted octanol–water partition coefficient (Wildman–Crippen LogP) is 2.56. The van der Waals surface area contributed by atoms with Crippen LogP contribution in [0, 0.1) is 0 Å². The standard InChI is InChI=1S/C18H32N2O4/c1-7-16(21)19(9-3)12-10-13-20(17(22)8-2)14-11-15-23-24-18(4,5)6/h7-8H,1-2,9-15H2,3-6H3. The van der Waals surface area contributed by atoms with Gasteiger partial charge in [0, 0.05) is 26.2 Å². The minimum absolute atomic E-state index is 0.0909. The minimum Gasteiger partial charge on any atom is -0.339 e. The third-order valence-electron chi connectivity index (χ3n) is 3.17. The molecule has 0 heterocycles. The summed E-state index contributed by atoms with van der Waals surface area (Å²) in [6.45, 7) is 17.4. The smallest absolute Gasteiger partial charge is 0.245 e. The molecule has 138 valence electrons. The molecule has 0 unspecified atom stereocenters. The summed E-state index contributed by atoms with van der Waals surface area (Å²) in [7, 11) is 0. The highest BCUT2D eigenvalue weighted by molar-refractivity contribution is 5.87. The largest absolute Gasteiger partial charge is 0.339 e. The maximum Gasteiger partial charge on any atom is 0.245 e. The molecule has 0 aromatic rings. The topological polar surface area (TPSA) is 59.1 Å². The first-order chi connectivity index (χ1) is 11.2. The fourth-order valence-corrected chi connectivity index (χ4v) is 2.00. The van der Waals surface area contributed by atoms with Gasteiger partial charge in [0.05, 0.1) is 12.2 Å². The summed E-state index contributed by atoms with van der Waals surface area (Å²) < 4.78 is 0. The van der Waals surface area contributed by atoms with Crippen LogP contribution in [-0.2, 0) is 19.4 Å². The van der Waals surface area contributed by atoms with Gasteiger partial charge in [-0.15, -0.1) is 0 Å². The van der Waals surface area contributed by atoms with Gasteiger partial charge in [0.1, 0.15) is 0 Å². The van der Waals surface area contributed by atoms with Crippen molar-refractivity contribution in [3.8, 4) is 0 Å². The van der Waals surface area contributed by atoms with Crippen LogP contribution in [0.2, 0.25) is 0 Å². The Balaban J connectivity index is 4.23. The van der Waals surface area contributed by atoms with Gasteiger partial charge in [0.15, 0.2) is 0 Å². The number of hydrogen-bond acceptors (Lipinski definition) is 4. The van der Waals surface area contributed by atoms with E-state index in [0.717, 1.165) is 0 Å². The van der Waals surface area contributed by atoms with Crippen LogP contribution < -0.4 is 0 Å². The molecule has 0 atom stereocenters. The molecule has 0 rings (SSSR count). The molecule has 0 saturated heterocycles. The molecule has 0 aromatic heterocycles. The first-order valence-corrected chi connectivity index (χ1v) is 8.38. The molecule has 0 fully saturated rings. The Kier molecular flexibility index (Phi) is 11.0. The fraction of sp³-hybridized carbons (Fsp3) is 0.667. The summed E-state index contributed by atoms with van der Waals surface area (Å²) in [5.41, 5.74) is -0.349. The first-order valence-electron chi connectivity index (χ1n) is 8.38. The van der Waals surface area contributed by atoms with Crippen LogP contribution in [0.25, 0.3) is 0 Å². The zero-order valence-electron chi connectivity index (χ0n) is 15.5. The Morgan fingerprint density at radius 2 is 1.46 bits per heavy atom. The predicted molar refractivity (Wildman–Crippen MR) is 95.3 cm³/mol. The van der Waals surface area contributed by atoms with Gasteiger partial charge in [-0.1, -0.05) is 13.2 Å². The Labute approximate surface area is 146 Å². The Morgan fingerprint density at radius 3 is 1.96 bits per heavy atom. The number of hydrogen-bond donors (Lipinski definition) is 0. The van der Waals surface area contributed by atoms with Gasteiger partial charge in [0.2, 0.25) is 11.8 Å². The van der Waals surface area contributed by atoms with Crippen molar-refractivity contribution >= 4 is 11.8 Å². The van der Waals surface area contributed by atoms with Crippen LogP contribution in [0.4, 0.5) is 0 Å². The second-order valence-corrected chi connectivity index (χ2v) is 6.38. The van der Waals surface area contributed by atoms with Gasteiger partial charge < -0.3 is 9.80 Å². The average molecular weight is 340 g/mol. The molecule has 6 nitrogen and oxygen atoms in total. The quantitative estimate of drug-likeness (QED) is 0.237. The highest BCUT2D eigenvalue weighted by Gasteiger charge is 2.14. The fourth-order valence-electron chi connectivity index (χ4n) is 2.00. The zero-order chi connectivity index (χ0) is 18.6. The number of amides is 2. The Hall–Kier alpha value is -1.66. The number of likely N-dealkylation sites (N-methyl/N-ethyl adjacent to an activating group) is 1. The molecule has 0 radical (unpaired) electrons. The van der Waals surface area contributed by atoms with Crippen molar-refractivity contribution in [2.45, 2.75) is 46.1 Å². The molecule has 0 aliphatic heterocycles. The van der Waals surface area contributed by atoms with E-state index in [1.54, 1.807) is 9.80 Å². The van der Waals surface area contributed by atoms with Crippen molar-refractivity contribution in [1.29, 1.82) is 0 Å². The van der Waals surface area contributed by atoms with Crippen LogP contribution in [0.3, 0.4) is 0 Å². The Bertz CT molecular complexity index is 416. The third-order valence-corrected chi connectivity index (χ3v) is 3.17. The molecule has 6 heteroatoms. The molecule has 0 N–H and O–H groups in total. The van der Waals surface area contributed by atoms with E-state index < -0.39 is 0 Å². The Morgan fingerprint density at radius 1 is 0.958 bits per heavy atom. The van der Waals surface area contributed by atoms with Gasteiger partial charge in [-0.2, -0.15) is 0 Å². The first kappa shape index (κ1) is 22.3. The number of carbonyl (C=O) groups excluding carboxylic acids is 2. The van der Waals surface area contributed by atoms with E-state index in [1.807, 2.05) is 27.7 Å². The van der Waals surface area contributed by atoms with E-state index >= 15 is 0 Å². The number of rotatable bonds is 12. The van der Waals surface area contributed by atoms with Crippen LogP contribution in [0.15, 0.2) is 25.3 Å². The van der Waals surface area contributed by atoms with E-state index in [9.17, 15) is 9.59 Å². The summed E-state index contributed by atoms with van der Waals surface area (Å²) in [5.74, 6) is -0.211. The van der Waals surface area contributed by atoms with Crippen LogP contribution >= 0.6 is 0 Å². The van der Waals surface area contributed by atoms with Crippen molar-refractivity contribution in [2.75, 3.05) is 32.8 Å². The molecule has 0 aromatic carbocycles. The van der Waals surface area contributed by atoms with E-state index in [2.05, 4.69) is 13.2 Å². The molecule has 0 spiro atoms. The highest BCUT2D eigenvalue weighted by Crippen LogP contribution is 2.07. The minimum atomic E-state index is -0.349. The monoisotopic (exact) mass is 340 g/mol. The highest BCUT2D eigenvalue weighted by atomic mass is 17.2. The summed E-state index contributed by atoms with van der Waals surface area (Å²) in [4.78, 5) is 37.3. The van der Waals surface area contributed by atoms with Crippen LogP contribution in [0.5, 0.6) is 0 Å². The number of nitrogens with zero attached hydrogens (tertiary/aromatic N) is 2. The number of carbonyl (C=O) groups is 2. The molecular weight excluding hydrogens is 308 g/mol. The van der Waals surface area contributed by atoms with E-state index in [1.165, 1.54) is 12.2 Å². The average Bonchev–Trinajstić information content (AvgIpc) is 2.54. The van der Waals surface area contributed by atoms with Gasteiger partial charge in [-0.3, -0.25) is 9.59 Å². The van der Waals surface area contributed by atoms with Gasteiger partial charge in [0.25, 0.3) is 0 Å². The molecule has 0 saturated carbocycles. The van der Waals surface area contributed by atoms with Crippen molar-refractivity contribution in [2.24, 2.45) is 0 Å². The van der Waals surface area contributed by atoms with Crippen molar-refractivity contribution in [3.05, 3.63) is 25.3 Å². The SMILES string of the molecule is C=CC(=O)N(CC)CCCN(CCCOOC(C)(C)C)C(=O)C=C. The van der Waals surface area contributed by atoms with Gasteiger partial charge in [-0.05, 0) is 52.7 Å². The lowest BCUT2D eigenvalue weighted by Crippen LogP contribution is -2.36. The third kappa shape index (κ3) is 10.2. The van der Waals surface area contributed by atoms with Crippen molar-refractivity contribution in [1.82, 2.24) is 9.80 Å². The summed E-state index contributed by atoms with van der Waals surface area (Å²) >= 11 is 0. The summed E-state index contributed by atoms with van der Waals surface area (Å²) in [6.07, 6.45) is 3.98. The van der Waals surface area contributed by atoms with Crippen molar-refractivity contribution in [3.63, 3.8) is 0 Å². The summed E-state index contributed by atoms with van der Waals surface area (Å²) in [5, 5.41) is 0. The van der Waals surface area contributed by atoms with E-state index in [0.29, 0.717) is 45.6 Å². The molecule has 24 heavy (non-hydrogen) atoms. The second-order valence-electron chi connectivity index (χ2n) is 6.38. The molecular formula is C18H32N2O4. The summed E-state index contributed by atoms with van der Waals surface area (Å²) in [6, 6.07) is 0. The molecule has 2 amide bonds. The van der Waals surface area contributed by atoms with Gasteiger partial charge in [-0.25, -0.2) is 9.78 Å². The lowest BCUT2D eigenvalue weighted by molar-refractivity contribution is -0.348. The van der Waals surface area contributed by atoms with E-state index in [4.69, 9.17) is 9.78 Å². The van der Waals surface area contributed by atoms with Crippen molar-refractivity contribution < 1.29 is 19.4 Å². The lowest BCUT2D eigenvalue weighted by Gasteiger charge is -2.24. The maximum atomic E-state index is 11.9. The van der Waals surface area contributed by atoms with Crippen LogP contribution in [-0.4, -0.2) is 60.0 Å². The molecule has 0 bridgehead atoms. The molecule has 0 aliphatic carbocycles. The molecule has 0 aliphatic rings. The second kappa shape index (κ2) is 11.8. The normalized spacial score (nSPS) is 11.0. The zero-order valence-corrected chi connectivity index (χ0v) is 15.5. The maximum absolute atomic E-state index is 11.9. The van der Waals surface area contributed by atoms with Gasteiger partial charge >= 0.3 is 0 Å². The van der Waals surface area contributed by atoms with E-state index in [-0.39, 0.29) is 17.4 Å².